The molecule has 1 unspecified atom stereocenters. The van der Waals surface area contributed by atoms with E-state index >= 15 is 0 Å². The summed E-state index contributed by atoms with van der Waals surface area (Å²) in [4.78, 5) is 4.49. The molecule has 0 aliphatic heterocycles. The van der Waals surface area contributed by atoms with Gasteiger partial charge >= 0.3 is 0 Å². The first-order valence-corrected chi connectivity index (χ1v) is 7.22. The van der Waals surface area contributed by atoms with Crippen LogP contribution in [0.3, 0.4) is 0 Å². The van der Waals surface area contributed by atoms with Crippen molar-refractivity contribution in [2.24, 2.45) is 0 Å². The van der Waals surface area contributed by atoms with E-state index in [0.29, 0.717) is 6.04 Å². The van der Waals surface area contributed by atoms with Crippen LogP contribution in [0.5, 0.6) is 0 Å². The number of benzene rings is 1. The topological polar surface area (TPSA) is 24.9 Å². The second kappa shape index (κ2) is 5.76. The van der Waals surface area contributed by atoms with Crippen LogP contribution in [0.25, 0.3) is 0 Å². The Labute approximate surface area is 114 Å². The molecule has 1 aromatic carbocycles. The van der Waals surface area contributed by atoms with Crippen molar-refractivity contribution in [2.45, 2.75) is 26.4 Å². The third kappa shape index (κ3) is 3.63. The molecule has 90 valence electrons. The summed E-state index contributed by atoms with van der Waals surface area (Å²) in [5.74, 6) is 0. The predicted molar refractivity (Wildman–Crippen MR) is 76.2 cm³/mol. The molecular weight excluding hydrogens is 296 g/mol. The van der Waals surface area contributed by atoms with Gasteiger partial charge in [0, 0.05) is 22.4 Å². The van der Waals surface area contributed by atoms with Gasteiger partial charge in [-0.05, 0) is 31.5 Å². The van der Waals surface area contributed by atoms with Crippen LogP contribution in [0, 0.1) is 6.92 Å². The Bertz CT molecular complexity index is 496. The van der Waals surface area contributed by atoms with E-state index < -0.39 is 0 Å². The molecule has 0 saturated carbocycles. The minimum atomic E-state index is 0.291. The summed E-state index contributed by atoms with van der Waals surface area (Å²) < 4.78 is 1.12. The van der Waals surface area contributed by atoms with Gasteiger partial charge in [-0.1, -0.05) is 28.1 Å². The zero-order valence-electron chi connectivity index (χ0n) is 9.90. The van der Waals surface area contributed by atoms with Crippen LogP contribution in [0.1, 0.15) is 29.2 Å². The van der Waals surface area contributed by atoms with Gasteiger partial charge in [0.25, 0.3) is 0 Å². The minimum Gasteiger partial charge on any atom is -0.305 e. The van der Waals surface area contributed by atoms with E-state index in [4.69, 9.17) is 0 Å². The highest BCUT2D eigenvalue weighted by Crippen LogP contribution is 2.17. The molecule has 1 aromatic heterocycles. The van der Waals surface area contributed by atoms with Crippen molar-refractivity contribution in [1.29, 1.82) is 0 Å². The summed E-state index contributed by atoms with van der Waals surface area (Å²) in [6.45, 7) is 5.04. The Morgan fingerprint density at radius 3 is 2.94 bits per heavy atom. The average Bonchev–Trinajstić information content (AvgIpc) is 2.73. The Morgan fingerprint density at radius 2 is 2.29 bits per heavy atom. The second-order valence-electron chi connectivity index (χ2n) is 4.02. The highest BCUT2D eigenvalue weighted by molar-refractivity contribution is 9.10. The standard InChI is InChI=1S/C13H15BrN2S/c1-9(13-8-17-10(2)16-13)15-7-11-4-3-5-12(14)6-11/h3-6,8-9,15H,7H2,1-2H3. The first-order chi connectivity index (χ1) is 8.15. The lowest BCUT2D eigenvalue weighted by Gasteiger charge is -2.11. The van der Waals surface area contributed by atoms with Crippen molar-refractivity contribution < 1.29 is 0 Å². The maximum atomic E-state index is 4.49. The number of nitrogens with zero attached hydrogens (tertiary/aromatic N) is 1. The molecule has 0 bridgehead atoms. The Hall–Kier alpha value is -0.710. The molecular formula is C13H15BrN2S. The van der Waals surface area contributed by atoms with Crippen molar-refractivity contribution in [2.75, 3.05) is 0 Å². The largest absolute Gasteiger partial charge is 0.305 e. The number of halogens is 1. The molecule has 1 heterocycles. The lowest BCUT2D eigenvalue weighted by Crippen LogP contribution is -2.18. The number of hydrogen-bond acceptors (Lipinski definition) is 3. The molecule has 0 aliphatic rings. The van der Waals surface area contributed by atoms with E-state index in [1.807, 2.05) is 13.0 Å². The van der Waals surface area contributed by atoms with E-state index in [9.17, 15) is 0 Å². The number of aryl methyl sites for hydroxylation is 1. The summed E-state index contributed by atoms with van der Waals surface area (Å²) in [5, 5.41) is 6.72. The van der Waals surface area contributed by atoms with Gasteiger partial charge in [0.1, 0.15) is 0 Å². The van der Waals surface area contributed by atoms with Crippen LogP contribution in [0.15, 0.2) is 34.1 Å². The summed E-state index contributed by atoms with van der Waals surface area (Å²) in [6, 6.07) is 8.64. The normalized spacial score (nSPS) is 12.6. The highest BCUT2D eigenvalue weighted by Gasteiger charge is 2.07. The highest BCUT2D eigenvalue weighted by atomic mass is 79.9. The van der Waals surface area contributed by atoms with E-state index in [0.717, 1.165) is 21.7 Å². The number of thiazole rings is 1. The number of hydrogen-bond donors (Lipinski definition) is 1. The van der Waals surface area contributed by atoms with Gasteiger partial charge in [-0.3, -0.25) is 0 Å². The smallest absolute Gasteiger partial charge is 0.0898 e. The summed E-state index contributed by atoms with van der Waals surface area (Å²) >= 11 is 5.18. The third-order valence-corrected chi connectivity index (χ3v) is 3.87. The number of nitrogens with one attached hydrogen (secondary N) is 1. The average molecular weight is 311 g/mol. The van der Waals surface area contributed by atoms with Gasteiger partial charge in [0.15, 0.2) is 0 Å². The first-order valence-electron chi connectivity index (χ1n) is 5.55. The third-order valence-electron chi connectivity index (χ3n) is 2.58. The molecule has 0 saturated heterocycles. The molecule has 17 heavy (non-hydrogen) atoms. The van der Waals surface area contributed by atoms with Crippen molar-refractivity contribution in [3.05, 3.63) is 50.4 Å². The second-order valence-corrected chi connectivity index (χ2v) is 6.00. The first kappa shape index (κ1) is 12.7. The van der Waals surface area contributed by atoms with Crippen molar-refractivity contribution in [3.63, 3.8) is 0 Å². The minimum absolute atomic E-state index is 0.291. The van der Waals surface area contributed by atoms with E-state index in [1.165, 1.54) is 5.56 Å². The number of aromatic nitrogens is 1. The lowest BCUT2D eigenvalue weighted by molar-refractivity contribution is 0.563. The quantitative estimate of drug-likeness (QED) is 0.921. The molecule has 0 aliphatic carbocycles. The predicted octanol–water partition coefficient (Wildman–Crippen LogP) is 4.06. The molecule has 2 aromatic rings. The van der Waals surface area contributed by atoms with Gasteiger partial charge in [-0.25, -0.2) is 4.98 Å². The molecule has 0 radical (unpaired) electrons. The van der Waals surface area contributed by atoms with Gasteiger partial charge < -0.3 is 5.32 Å². The Balaban J connectivity index is 1.94. The molecule has 0 spiro atoms. The molecule has 2 rings (SSSR count). The monoisotopic (exact) mass is 310 g/mol. The zero-order chi connectivity index (χ0) is 12.3. The molecule has 1 atom stereocenters. The van der Waals surface area contributed by atoms with Crippen LogP contribution in [0.2, 0.25) is 0 Å². The van der Waals surface area contributed by atoms with E-state index in [2.05, 4.69) is 56.7 Å². The van der Waals surface area contributed by atoms with E-state index in [1.54, 1.807) is 11.3 Å². The SMILES string of the molecule is Cc1nc(C(C)NCc2cccc(Br)c2)cs1. The molecule has 4 heteroatoms. The molecule has 2 nitrogen and oxygen atoms in total. The van der Waals surface area contributed by atoms with Crippen molar-refractivity contribution in [3.8, 4) is 0 Å². The van der Waals surface area contributed by atoms with Crippen LogP contribution in [0.4, 0.5) is 0 Å². The van der Waals surface area contributed by atoms with Crippen molar-refractivity contribution in [1.82, 2.24) is 10.3 Å². The Morgan fingerprint density at radius 1 is 1.47 bits per heavy atom. The lowest BCUT2D eigenvalue weighted by atomic mass is 10.2. The summed E-state index contributed by atoms with van der Waals surface area (Å²) in [7, 11) is 0. The maximum Gasteiger partial charge on any atom is 0.0898 e. The van der Waals surface area contributed by atoms with Gasteiger partial charge in [-0.15, -0.1) is 11.3 Å². The fourth-order valence-electron chi connectivity index (χ4n) is 1.60. The van der Waals surface area contributed by atoms with Crippen LogP contribution >= 0.6 is 27.3 Å². The molecule has 0 fully saturated rings. The fourth-order valence-corrected chi connectivity index (χ4v) is 2.75. The van der Waals surface area contributed by atoms with Crippen LogP contribution in [-0.2, 0) is 6.54 Å². The van der Waals surface area contributed by atoms with Gasteiger partial charge in [0.05, 0.1) is 10.7 Å². The van der Waals surface area contributed by atoms with Gasteiger partial charge in [-0.2, -0.15) is 0 Å². The Kier molecular flexibility index (Phi) is 4.31. The summed E-state index contributed by atoms with van der Waals surface area (Å²) in [5.41, 5.74) is 2.40. The van der Waals surface area contributed by atoms with Gasteiger partial charge in [0.2, 0.25) is 0 Å². The summed E-state index contributed by atoms with van der Waals surface area (Å²) in [6.07, 6.45) is 0. The van der Waals surface area contributed by atoms with Crippen LogP contribution < -0.4 is 5.32 Å². The fraction of sp³-hybridized carbons (Fsp3) is 0.308. The number of rotatable bonds is 4. The molecule has 1 N–H and O–H groups in total. The van der Waals surface area contributed by atoms with E-state index in [-0.39, 0.29) is 0 Å². The zero-order valence-corrected chi connectivity index (χ0v) is 12.3. The maximum absolute atomic E-state index is 4.49. The van der Waals surface area contributed by atoms with Crippen LogP contribution in [-0.4, -0.2) is 4.98 Å². The van der Waals surface area contributed by atoms with Crippen molar-refractivity contribution >= 4 is 27.3 Å². The molecule has 0 amide bonds.